The van der Waals surface area contributed by atoms with Crippen molar-refractivity contribution in [3.8, 4) is 0 Å². The van der Waals surface area contributed by atoms with Crippen LogP contribution in [0.5, 0.6) is 0 Å². The van der Waals surface area contributed by atoms with Crippen LogP contribution in [0.2, 0.25) is 0 Å². The average Bonchev–Trinajstić information content (AvgIpc) is 3.09. The smallest absolute Gasteiger partial charge is 0.324 e. The Bertz CT molecular complexity index is 612. The summed E-state index contributed by atoms with van der Waals surface area (Å²) in [5.41, 5.74) is 2.46. The van der Waals surface area contributed by atoms with Crippen LogP contribution >= 0.6 is 0 Å². The fourth-order valence-corrected chi connectivity index (χ4v) is 2.81. The Morgan fingerprint density at radius 2 is 2.18 bits per heavy atom. The van der Waals surface area contributed by atoms with Crippen LogP contribution in [0.3, 0.4) is 0 Å². The SMILES string of the molecule is CN=C(NCCN1C(=O)CNC1=O)N1CCc2ccccc21. The largest absolute Gasteiger partial charge is 0.354 e. The van der Waals surface area contributed by atoms with Gasteiger partial charge >= 0.3 is 6.03 Å². The molecule has 0 radical (unpaired) electrons. The highest BCUT2D eigenvalue weighted by Gasteiger charge is 2.28. The number of hydrogen-bond acceptors (Lipinski definition) is 3. The number of anilines is 1. The van der Waals surface area contributed by atoms with Gasteiger partial charge in [0, 0.05) is 32.4 Å². The normalized spacial score (nSPS) is 17.8. The molecular formula is C15H19N5O2. The van der Waals surface area contributed by atoms with Gasteiger partial charge in [0.25, 0.3) is 0 Å². The maximum atomic E-state index is 11.5. The second kappa shape index (κ2) is 6.05. The van der Waals surface area contributed by atoms with Crippen LogP contribution in [-0.4, -0.2) is 56.0 Å². The first kappa shape index (κ1) is 14.4. The molecule has 116 valence electrons. The highest BCUT2D eigenvalue weighted by molar-refractivity contribution is 6.02. The van der Waals surface area contributed by atoms with E-state index in [1.54, 1.807) is 7.05 Å². The predicted octanol–water partition coefficient (Wildman–Crippen LogP) is 0.176. The summed E-state index contributed by atoms with van der Waals surface area (Å²) in [6, 6.07) is 7.92. The van der Waals surface area contributed by atoms with Crippen molar-refractivity contribution in [1.29, 1.82) is 0 Å². The lowest BCUT2D eigenvalue weighted by Gasteiger charge is -2.23. The molecule has 0 unspecified atom stereocenters. The summed E-state index contributed by atoms with van der Waals surface area (Å²) in [6.07, 6.45) is 0.990. The fraction of sp³-hybridized carbons (Fsp3) is 0.400. The summed E-state index contributed by atoms with van der Waals surface area (Å²) in [4.78, 5) is 30.6. The fourth-order valence-electron chi connectivity index (χ4n) is 2.81. The molecule has 1 saturated heterocycles. The lowest BCUT2D eigenvalue weighted by Crippen LogP contribution is -2.44. The molecule has 0 bridgehead atoms. The highest BCUT2D eigenvalue weighted by atomic mass is 16.2. The van der Waals surface area contributed by atoms with Gasteiger partial charge in [-0.2, -0.15) is 0 Å². The van der Waals surface area contributed by atoms with E-state index in [2.05, 4.69) is 32.7 Å². The number of guanidine groups is 1. The highest BCUT2D eigenvalue weighted by Crippen LogP contribution is 2.27. The molecule has 7 nitrogen and oxygen atoms in total. The molecule has 3 rings (SSSR count). The molecule has 2 aliphatic heterocycles. The minimum atomic E-state index is -0.326. The van der Waals surface area contributed by atoms with Gasteiger partial charge in [-0.1, -0.05) is 18.2 Å². The van der Waals surface area contributed by atoms with Gasteiger partial charge in [0.15, 0.2) is 5.96 Å². The van der Waals surface area contributed by atoms with Gasteiger partial charge in [0.1, 0.15) is 0 Å². The van der Waals surface area contributed by atoms with Crippen molar-refractivity contribution in [2.45, 2.75) is 6.42 Å². The number of hydrogen-bond donors (Lipinski definition) is 2. The van der Waals surface area contributed by atoms with Crippen LogP contribution < -0.4 is 15.5 Å². The molecule has 1 aromatic carbocycles. The van der Waals surface area contributed by atoms with E-state index < -0.39 is 0 Å². The first-order chi connectivity index (χ1) is 10.7. The Hall–Kier alpha value is -2.57. The van der Waals surface area contributed by atoms with Gasteiger partial charge < -0.3 is 15.5 Å². The van der Waals surface area contributed by atoms with E-state index in [0.29, 0.717) is 13.1 Å². The Labute approximate surface area is 129 Å². The number of para-hydroxylation sites is 1. The monoisotopic (exact) mass is 301 g/mol. The number of urea groups is 1. The number of imide groups is 1. The van der Waals surface area contributed by atoms with Crippen molar-refractivity contribution in [3.05, 3.63) is 29.8 Å². The number of nitrogens with zero attached hydrogens (tertiary/aromatic N) is 3. The molecule has 0 atom stereocenters. The van der Waals surface area contributed by atoms with Crippen molar-refractivity contribution in [1.82, 2.24) is 15.5 Å². The molecule has 0 aromatic heterocycles. The van der Waals surface area contributed by atoms with Crippen molar-refractivity contribution >= 4 is 23.6 Å². The second-order valence-electron chi connectivity index (χ2n) is 5.21. The van der Waals surface area contributed by atoms with Gasteiger partial charge in [0.05, 0.1) is 6.54 Å². The van der Waals surface area contributed by atoms with E-state index in [1.807, 2.05) is 12.1 Å². The number of amides is 3. The number of fused-ring (bicyclic) bond motifs is 1. The number of benzene rings is 1. The zero-order chi connectivity index (χ0) is 15.5. The number of aliphatic imine (C=N–C) groups is 1. The van der Waals surface area contributed by atoms with E-state index in [4.69, 9.17) is 0 Å². The molecule has 1 aromatic rings. The van der Waals surface area contributed by atoms with E-state index in [0.717, 1.165) is 24.6 Å². The van der Waals surface area contributed by atoms with Crippen LogP contribution in [0.1, 0.15) is 5.56 Å². The molecule has 3 amide bonds. The molecule has 1 fully saturated rings. The summed E-state index contributed by atoms with van der Waals surface area (Å²) in [5, 5.41) is 5.73. The number of rotatable bonds is 3. The third-order valence-corrected chi connectivity index (χ3v) is 3.91. The summed E-state index contributed by atoms with van der Waals surface area (Å²) in [7, 11) is 1.73. The van der Waals surface area contributed by atoms with Crippen molar-refractivity contribution in [3.63, 3.8) is 0 Å². The zero-order valence-electron chi connectivity index (χ0n) is 12.5. The zero-order valence-corrected chi connectivity index (χ0v) is 12.5. The van der Waals surface area contributed by atoms with Gasteiger partial charge in [-0.25, -0.2) is 4.79 Å². The van der Waals surface area contributed by atoms with Gasteiger partial charge in [-0.05, 0) is 18.1 Å². The van der Waals surface area contributed by atoms with Crippen LogP contribution in [0.15, 0.2) is 29.3 Å². The quantitative estimate of drug-likeness (QED) is 0.474. The van der Waals surface area contributed by atoms with Crippen LogP contribution in [0, 0.1) is 0 Å². The van der Waals surface area contributed by atoms with Crippen molar-refractivity contribution in [2.75, 3.05) is 38.1 Å². The first-order valence-corrected chi connectivity index (χ1v) is 7.35. The standard InChI is InChI=1S/C15H19N5O2/c1-16-14(17-7-9-20-13(21)10-18-15(20)22)19-8-6-11-4-2-3-5-12(11)19/h2-5H,6-10H2,1H3,(H,16,17)(H,18,22). The molecule has 0 spiro atoms. The summed E-state index contributed by atoms with van der Waals surface area (Å²) in [5.74, 6) is 0.574. The maximum Gasteiger partial charge on any atom is 0.324 e. The van der Waals surface area contributed by atoms with Crippen molar-refractivity contribution < 1.29 is 9.59 Å². The molecule has 0 aliphatic carbocycles. The molecule has 2 N–H and O–H groups in total. The molecular weight excluding hydrogens is 282 g/mol. The second-order valence-corrected chi connectivity index (χ2v) is 5.21. The Kier molecular flexibility index (Phi) is 3.95. The Morgan fingerprint density at radius 3 is 2.91 bits per heavy atom. The third-order valence-electron chi connectivity index (χ3n) is 3.91. The average molecular weight is 301 g/mol. The van der Waals surface area contributed by atoms with Gasteiger partial charge in [-0.15, -0.1) is 0 Å². The van der Waals surface area contributed by atoms with Crippen LogP contribution in [0.4, 0.5) is 10.5 Å². The molecule has 0 saturated carbocycles. The van der Waals surface area contributed by atoms with E-state index in [9.17, 15) is 9.59 Å². The topological polar surface area (TPSA) is 77.0 Å². The number of carbonyl (C=O) groups excluding carboxylic acids is 2. The van der Waals surface area contributed by atoms with Crippen LogP contribution in [-0.2, 0) is 11.2 Å². The minimum Gasteiger partial charge on any atom is -0.354 e. The van der Waals surface area contributed by atoms with Gasteiger partial charge in [0.2, 0.25) is 5.91 Å². The van der Waals surface area contributed by atoms with E-state index in [-0.39, 0.29) is 18.5 Å². The molecule has 7 heteroatoms. The van der Waals surface area contributed by atoms with Crippen LogP contribution in [0.25, 0.3) is 0 Å². The maximum absolute atomic E-state index is 11.5. The number of carbonyl (C=O) groups is 2. The van der Waals surface area contributed by atoms with E-state index in [1.165, 1.54) is 10.5 Å². The Balaban J connectivity index is 1.60. The Morgan fingerprint density at radius 1 is 1.36 bits per heavy atom. The van der Waals surface area contributed by atoms with Gasteiger partial charge in [-0.3, -0.25) is 14.7 Å². The molecule has 2 heterocycles. The summed E-state index contributed by atoms with van der Waals surface area (Å²) >= 11 is 0. The first-order valence-electron chi connectivity index (χ1n) is 7.35. The van der Waals surface area contributed by atoms with E-state index >= 15 is 0 Å². The molecule has 22 heavy (non-hydrogen) atoms. The third kappa shape index (κ3) is 2.61. The molecule has 2 aliphatic rings. The lowest BCUT2D eigenvalue weighted by atomic mass is 10.2. The lowest BCUT2D eigenvalue weighted by molar-refractivity contribution is -0.124. The summed E-state index contributed by atoms with van der Waals surface area (Å²) in [6.45, 7) is 1.78. The number of nitrogens with one attached hydrogen (secondary N) is 2. The summed E-state index contributed by atoms with van der Waals surface area (Å²) < 4.78 is 0. The van der Waals surface area contributed by atoms with Crippen molar-refractivity contribution in [2.24, 2.45) is 4.99 Å². The minimum absolute atomic E-state index is 0.0903. The predicted molar refractivity (Wildman–Crippen MR) is 84.0 cm³/mol.